The molecule has 1 fully saturated rings. The maximum Gasteiger partial charge on any atom is 0.191 e. The lowest BCUT2D eigenvalue weighted by Crippen LogP contribution is -2.36. The molecule has 170 valence electrons. The molecule has 4 rings (SSSR count). The first-order valence-electron chi connectivity index (χ1n) is 10.6. The molecule has 0 radical (unpaired) electrons. The Hall–Kier alpha value is -2.75. The predicted octanol–water partition coefficient (Wildman–Crippen LogP) is 4.15. The fourth-order valence-electron chi connectivity index (χ4n) is 3.19. The second kappa shape index (κ2) is 11.8. The zero-order valence-electron chi connectivity index (χ0n) is 18.5. The molecule has 8 heteroatoms. The molecule has 3 aromatic rings. The molecule has 0 aliphatic heterocycles. The van der Waals surface area contributed by atoms with E-state index in [0.29, 0.717) is 13.1 Å². The molecule has 2 N–H and O–H groups in total. The summed E-state index contributed by atoms with van der Waals surface area (Å²) in [4.78, 5) is 4.32. The Morgan fingerprint density at radius 3 is 2.53 bits per heavy atom. The van der Waals surface area contributed by atoms with Gasteiger partial charge < -0.3 is 20.1 Å². The lowest BCUT2D eigenvalue weighted by Gasteiger charge is -2.14. The van der Waals surface area contributed by atoms with Crippen LogP contribution in [-0.2, 0) is 13.1 Å². The van der Waals surface area contributed by atoms with Crippen LogP contribution in [0.3, 0.4) is 0 Å². The largest absolute Gasteiger partial charge is 0.497 e. The Morgan fingerprint density at radius 2 is 1.81 bits per heavy atom. The lowest BCUT2D eigenvalue weighted by atomic mass is 10.2. The summed E-state index contributed by atoms with van der Waals surface area (Å²) in [6, 6.07) is 17.9. The summed E-state index contributed by atoms with van der Waals surface area (Å²) in [5.74, 6) is 3.21. The monoisotopic (exact) mass is 547 g/mol. The molecule has 0 saturated heterocycles. The summed E-state index contributed by atoms with van der Waals surface area (Å²) >= 11 is 0. The van der Waals surface area contributed by atoms with Gasteiger partial charge in [0.1, 0.15) is 11.5 Å². The van der Waals surface area contributed by atoms with E-state index in [4.69, 9.17) is 9.47 Å². The molecule has 0 unspecified atom stereocenters. The highest BCUT2D eigenvalue weighted by Crippen LogP contribution is 2.30. The van der Waals surface area contributed by atoms with Crippen LogP contribution < -0.4 is 20.1 Å². The summed E-state index contributed by atoms with van der Waals surface area (Å²) in [6.45, 7) is 2.02. The SMILES string of the molecule is CN=C(NCc1ccn(-c2ccc(OC)cc2)n1)NCc1ccccc1OCC1CC1.I. The normalized spacial score (nSPS) is 13.2. The van der Waals surface area contributed by atoms with E-state index < -0.39 is 0 Å². The van der Waals surface area contributed by atoms with Crippen molar-refractivity contribution in [3.63, 3.8) is 0 Å². The number of rotatable bonds is 9. The summed E-state index contributed by atoms with van der Waals surface area (Å²) in [5, 5.41) is 11.3. The van der Waals surface area contributed by atoms with Gasteiger partial charge in [-0.3, -0.25) is 4.99 Å². The Bertz CT molecular complexity index is 1020. The first kappa shape index (κ1) is 23.9. The predicted molar refractivity (Wildman–Crippen MR) is 137 cm³/mol. The van der Waals surface area contributed by atoms with E-state index in [1.165, 1.54) is 12.8 Å². The van der Waals surface area contributed by atoms with Crippen LogP contribution in [0.15, 0.2) is 65.8 Å². The minimum absolute atomic E-state index is 0. The molecule has 1 aromatic heterocycles. The van der Waals surface area contributed by atoms with E-state index in [0.717, 1.165) is 46.9 Å². The maximum absolute atomic E-state index is 5.99. The van der Waals surface area contributed by atoms with Crippen molar-refractivity contribution in [2.24, 2.45) is 10.9 Å². The minimum atomic E-state index is 0. The van der Waals surface area contributed by atoms with E-state index in [-0.39, 0.29) is 24.0 Å². The van der Waals surface area contributed by atoms with Gasteiger partial charge in [-0.1, -0.05) is 18.2 Å². The average Bonchev–Trinajstić information content (AvgIpc) is 3.53. The molecule has 32 heavy (non-hydrogen) atoms. The lowest BCUT2D eigenvalue weighted by molar-refractivity contribution is 0.296. The van der Waals surface area contributed by atoms with Crippen molar-refractivity contribution in [1.29, 1.82) is 0 Å². The molecule has 0 atom stereocenters. The van der Waals surface area contributed by atoms with Gasteiger partial charge in [0.15, 0.2) is 5.96 Å². The Balaban J connectivity index is 0.00000289. The van der Waals surface area contributed by atoms with Crippen LogP contribution >= 0.6 is 24.0 Å². The van der Waals surface area contributed by atoms with Crippen LogP contribution in [0.4, 0.5) is 0 Å². The van der Waals surface area contributed by atoms with Gasteiger partial charge in [-0.15, -0.1) is 24.0 Å². The number of methoxy groups -OCH3 is 1. The zero-order chi connectivity index (χ0) is 21.5. The van der Waals surface area contributed by atoms with Crippen LogP contribution in [0.2, 0.25) is 0 Å². The van der Waals surface area contributed by atoms with Gasteiger partial charge in [0, 0.05) is 25.4 Å². The fraction of sp³-hybridized carbons (Fsp3) is 0.333. The minimum Gasteiger partial charge on any atom is -0.497 e. The topological polar surface area (TPSA) is 72.7 Å². The first-order valence-corrected chi connectivity index (χ1v) is 10.6. The Labute approximate surface area is 206 Å². The molecule has 1 saturated carbocycles. The maximum atomic E-state index is 5.99. The molecule has 0 spiro atoms. The third kappa shape index (κ3) is 6.62. The molecule has 0 bridgehead atoms. The highest BCUT2D eigenvalue weighted by molar-refractivity contribution is 14.0. The fourth-order valence-corrected chi connectivity index (χ4v) is 3.19. The third-order valence-electron chi connectivity index (χ3n) is 5.23. The standard InChI is InChI=1S/C24H29N5O2.HI/c1-25-24(26-15-19-5-3-4-6-23(19)31-17-18-7-8-18)27-16-20-13-14-29(28-20)21-9-11-22(30-2)12-10-21;/h3-6,9-14,18H,7-8,15-17H2,1-2H3,(H2,25,26,27);1H. The highest BCUT2D eigenvalue weighted by atomic mass is 127. The van der Waals surface area contributed by atoms with Crippen molar-refractivity contribution < 1.29 is 9.47 Å². The van der Waals surface area contributed by atoms with Crippen molar-refractivity contribution in [3.05, 3.63) is 72.1 Å². The van der Waals surface area contributed by atoms with Gasteiger partial charge in [-0.25, -0.2) is 4.68 Å². The number of ether oxygens (including phenoxy) is 2. The molecular formula is C24H30IN5O2. The molecule has 2 aromatic carbocycles. The van der Waals surface area contributed by atoms with Crippen molar-refractivity contribution in [2.75, 3.05) is 20.8 Å². The van der Waals surface area contributed by atoms with Crippen molar-refractivity contribution in [1.82, 2.24) is 20.4 Å². The zero-order valence-corrected chi connectivity index (χ0v) is 20.8. The Morgan fingerprint density at radius 1 is 1.06 bits per heavy atom. The van der Waals surface area contributed by atoms with Gasteiger partial charge in [-0.05, 0) is 55.2 Å². The van der Waals surface area contributed by atoms with Crippen LogP contribution in [0.5, 0.6) is 11.5 Å². The number of para-hydroxylation sites is 1. The van der Waals surface area contributed by atoms with Crippen molar-refractivity contribution >= 4 is 29.9 Å². The van der Waals surface area contributed by atoms with Crippen LogP contribution in [0.25, 0.3) is 5.69 Å². The second-order valence-electron chi connectivity index (χ2n) is 7.59. The molecule has 0 amide bonds. The summed E-state index contributed by atoms with van der Waals surface area (Å²) in [5.41, 5.74) is 3.03. The Kier molecular flexibility index (Phi) is 8.78. The quantitative estimate of drug-likeness (QED) is 0.239. The van der Waals surface area contributed by atoms with Crippen LogP contribution in [-0.4, -0.2) is 36.5 Å². The number of hydrogen-bond acceptors (Lipinski definition) is 4. The number of guanidine groups is 1. The van der Waals surface area contributed by atoms with E-state index in [1.54, 1.807) is 14.2 Å². The van der Waals surface area contributed by atoms with Gasteiger partial charge in [0.05, 0.1) is 31.6 Å². The number of hydrogen-bond donors (Lipinski definition) is 2. The number of nitrogens with one attached hydrogen (secondary N) is 2. The van der Waals surface area contributed by atoms with Gasteiger partial charge in [0.2, 0.25) is 0 Å². The first-order chi connectivity index (χ1) is 15.2. The molecule has 7 nitrogen and oxygen atoms in total. The van der Waals surface area contributed by atoms with E-state index >= 15 is 0 Å². The molecule has 1 heterocycles. The summed E-state index contributed by atoms with van der Waals surface area (Å²) < 4.78 is 13.1. The molecule has 1 aliphatic carbocycles. The number of aliphatic imine (C=N–C) groups is 1. The average molecular weight is 547 g/mol. The summed E-state index contributed by atoms with van der Waals surface area (Å²) in [6.07, 6.45) is 4.51. The van der Waals surface area contributed by atoms with E-state index in [2.05, 4.69) is 26.8 Å². The third-order valence-corrected chi connectivity index (χ3v) is 5.23. The molecule has 1 aliphatic rings. The number of halogens is 1. The van der Waals surface area contributed by atoms with E-state index in [9.17, 15) is 0 Å². The number of aromatic nitrogens is 2. The van der Waals surface area contributed by atoms with Crippen LogP contribution in [0.1, 0.15) is 24.1 Å². The van der Waals surface area contributed by atoms with E-state index in [1.807, 2.05) is 59.4 Å². The number of nitrogens with zero attached hydrogens (tertiary/aromatic N) is 3. The van der Waals surface area contributed by atoms with Crippen molar-refractivity contribution in [3.8, 4) is 17.2 Å². The summed E-state index contributed by atoms with van der Waals surface area (Å²) in [7, 11) is 3.42. The highest BCUT2D eigenvalue weighted by Gasteiger charge is 2.22. The second-order valence-corrected chi connectivity index (χ2v) is 7.59. The van der Waals surface area contributed by atoms with Gasteiger partial charge in [-0.2, -0.15) is 5.10 Å². The van der Waals surface area contributed by atoms with Crippen LogP contribution in [0, 0.1) is 5.92 Å². The molecular weight excluding hydrogens is 517 g/mol. The smallest absolute Gasteiger partial charge is 0.191 e. The number of benzene rings is 2. The van der Waals surface area contributed by atoms with Gasteiger partial charge >= 0.3 is 0 Å². The van der Waals surface area contributed by atoms with Gasteiger partial charge in [0.25, 0.3) is 0 Å². The van der Waals surface area contributed by atoms with Crippen molar-refractivity contribution in [2.45, 2.75) is 25.9 Å².